The third-order valence-electron chi connectivity index (χ3n) is 5.20. The molecule has 4 rings (SSSR count). The molecule has 0 spiro atoms. The minimum absolute atomic E-state index is 0.00122. The highest BCUT2D eigenvalue weighted by Gasteiger charge is 2.34. The van der Waals surface area contributed by atoms with Gasteiger partial charge in [-0.3, -0.25) is 24.6 Å². The number of hydrogen-bond donors (Lipinski definition) is 2. The molecule has 1 saturated heterocycles. The summed E-state index contributed by atoms with van der Waals surface area (Å²) >= 11 is 17.6. The molecule has 10 heteroatoms. The number of aryl methyl sites for hydroxylation is 1. The monoisotopic (exact) mass is 539 g/mol. The molecule has 1 aliphatic heterocycles. The van der Waals surface area contributed by atoms with Gasteiger partial charge in [-0.2, -0.15) is 0 Å². The smallest absolute Gasteiger partial charge is 0.270 e. The van der Waals surface area contributed by atoms with Gasteiger partial charge in [-0.25, -0.2) is 0 Å². The van der Waals surface area contributed by atoms with Crippen molar-refractivity contribution < 1.29 is 19.1 Å². The van der Waals surface area contributed by atoms with E-state index in [0.717, 1.165) is 5.56 Å². The molecule has 0 saturated carbocycles. The molecular formula is C26H19Cl2N3O4S. The number of carbonyl (C=O) groups excluding carboxylic acids is 3. The van der Waals surface area contributed by atoms with Crippen molar-refractivity contribution in [3.05, 3.63) is 93.5 Å². The molecule has 3 amide bonds. The highest BCUT2D eigenvalue weighted by molar-refractivity contribution is 7.80. The maximum absolute atomic E-state index is 13.1. The Morgan fingerprint density at radius 2 is 1.81 bits per heavy atom. The van der Waals surface area contributed by atoms with E-state index >= 15 is 0 Å². The van der Waals surface area contributed by atoms with Gasteiger partial charge in [0, 0.05) is 10.7 Å². The van der Waals surface area contributed by atoms with Gasteiger partial charge in [0.1, 0.15) is 11.3 Å². The van der Waals surface area contributed by atoms with Crippen molar-refractivity contribution in [3.8, 4) is 5.75 Å². The molecule has 0 atom stereocenters. The summed E-state index contributed by atoms with van der Waals surface area (Å²) in [5.41, 5.74) is 2.37. The number of nitrogens with zero attached hydrogens (tertiary/aromatic N) is 1. The van der Waals surface area contributed by atoms with E-state index in [9.17, 15) is 14.4 Å². The lowest BCUT2D eigenvalue weighted by atomic mass is 10.1. The van der Waals surface area contributed by atoms with Gasteiger partial charge in [0.2, 0.25) is 0 Å². The number of rotatable bonds is 6. The standard InChI is InChI=1S/C26H19Cl2N3O4S/c1-15-7-9-17(13-20(15)27)29-23(32)14-35-22-10-8-16(12-21(22)28)11-19-24(33)30-26(36)31(25(19)34)18-5-3-2-4-6-18/h2-13H,14H2,1H3,(H,29,32)(H,30,33,36)/b19-11-. The fourth-order valence-corrected chi connectivity index (χ4v) is 4.08. The van der Waals surface area contributed by atoms with Crippen LogP contribution in [0.5, 0.6) is 5.75 Å². The van der Waals surface area contributed by atoms with Crippen LogP contribution >= 0.6 is 35.4 Å². The van der Waals surface area contributed by atoms with Crippen LogP contribution in [-0.2, 0) is 14.4 Å². The molecular weight excluding hydrogens is 521 g/mol. The molecule has 1 heterocycles. The average molecular weight is 540 g/mol. The van der Waals surface area contributed by atoms with Crippen LogP contribution in [-0.4, -0.2) is 29.4 Å². The van der Waals surface area contributed by atoms with Gasteiger partial charge in [-0.1, -0.05) is 53.5 Å². The molecule has 3 aromatic carbocycles. The zero-order valence-corrected chi connectivity index (χ0v) is 21.2. The molecule has 36 heavy (non-hydrogen) atoms. The van der Waals surface area contributed by atoms with E-state index in [4.69, 9.17) is 40.2 Å². The number of thiocarbonyl (C=S) groups is 1. The van der Waals surface area contributed by atoms with Gasteiger partial charge in [0.25, 0.3) is 17.7 Å². The largest absolute Gasteiger partial charge is 0.482 e. The van der Waals surface area contributed by atoms with Crippen LogP contribution in [0.4, 0.5) is 11.4 Å². The second kappa shape index (κ2) is 10.9. The highest BCUT2D eigenvalue weighted by atomic mass is 35.5. The Hall–Kier alpha value is -3.72. The highest BCUT2D eigenvalue weighted by Crippen LogP contribution is 2.28. The van der Waals surface area contributed by atoms with E-state index in [1.807, 2.05) is 13.0 Å². The maximum atomic E-state index is 13.1. The molecule has 0 aliphatic carbocycles. The molecule has 1 aliphatic rings. The number of hydrogen-bond acceptors (Lipinski definition) is 5. The van der Waals surface area contributed by atoms with Gasteiger partial charge < -0.3 is 10.1 Å². The topological polar surface area (TPSA) is 87.7 Å². The van der Waals surface area contributed by atoms with Crippen molar-refractivity contribution in [3.63, 3.8) is 0 Å². The zero-order chi connectivity index (χ0) is 25.8. The second-order valence-corrected chi connectivity index (χ2v) is 8.99. The Kier molecular flexibility index (Phi) is 7.69. The Bertz CT molecular complexity index is 1410. The Labute approximate surface area is 222 Å². The number of anilines is 2. The first-order valence-electron chi connectivity index (χ1n) is 10.7. The van der Waals surface area contributed by atoms with Gasteiger partial charge in [0.05, 0.1) is 10.7 Å². The third kappa shape index (κ3) is 5.73. The Morgan fingerprint density at radius 1 is 1.06 bits per heavy atom. The Balaban J connectivity index is 1.46. The van der Waals surface area contributed by atoms with Crippen molar-refractivity contribution in [2.24, 2.45) is 0 Å². The SMILES string of the molecule is Cc1ccc(NC(=O)COc2ccc(/C=C3/C(=O)NC(=S)N(c4ccccc4)C3=O)cc2Cl)cc1Cl. The molecule has 2 N–H and O–H groups in total. The van der Waals surface area contributed by atoms with Crippen LogP contribution in [0.25, 0.3) is 6.08 Å². The summed E-state index contributed by atoms with van der Waals surface area (Å²) in [7, 11) is 0. The van der Waals surface area contributed by atoms with Crippen molar-refractivity contribution in [2.45, 2.75) is 6.92 Å². The van der Waals surface area contributed by atoms with Crippen LogP contribution < -0.4 is 20.3 Å². The summed E-state index contributed by atoms with van der Waals surface area (Å²) in [6.07, 6.45) is 1.42. The zero-order valence-electron chi connectivity index (χ0n) is 18.9. The van der Waals surface area contributed by atoms with E-state index in [0.29, 0.717) is 22.0 Å². The maximum Gasteiger partial charge on any atom is 0.270 e. The predicted octanol–water partition coefficient (Wildman–Crippen LogP) is 5.15. The number of amides is 3. The molecule has 0 bridgehead atoms. The lowest BCUT2D eigenvalue weighted by Gasteiger charge is -2.28. The van der Waals surface area contributed by atoms with Gasteiger partial charge in [-0.05, 0) is 72.7 Å². The number of halogens is 2. The number of para-hydroxylation sites is 1. The molecule has 3 aromatic rings. The fourth-order valence-electron chi connectivity index (χ4n) is 3.37. The molecule has 0 unspecified atom stereocenters. The van der Waals surface area contributed by atoms with Crippen molar-refractivity contribution in [2.75, 3.05) is 16.8 Å². The summed E-state index contributed by atoms with van der Waals surface area (Å²) in [4.78, 5) is 39.1. The average Bonchev–Trinajstić information content (AvgIpc) is 2.84. The van der Waals surface area contributed by atoms with Gasteiger partial charge >= 0.3 is 0 Å². The van der Waals surface area contributed by atoms with E-state index in [1.165, 1.54) is 17.0 Å². The predicted molar refractivity (Wildman–Crippen MR) is 144 cm³/mol. The molecule has 1 fully saturated rings. The summed E-state index contributed by atoms with van der Waals surface area (Å²) in [6, 6.07) is 18.7. The van der Waals surface area contributed by atoms with Crippen LogP contribution in [0, 0.1) is 6.92 Å². The van der Waals surface area contributed by atoms with E-state index in [-0.39, 0.29) is 28.1 Å². The second-order valence-electron chi connectivity index (χ2n) is 7.78. The van der Waals surface area contributed by atoms with Crippen LogP contribution in [0.3, 0.4) is 0 Å². The van der Waals surface area contributed by atoms with Gasteiger partial charge in [-0.15, -0.1) is 0 Å². The quantitative estimate of drug-likeness (QED) is 0.257. The van der Waals surface area contributed by atoms with Gasteiger partial charge in [0.15, 0.2) is 11.7 Å². The summed E-state index contributed by atoms with van der Waals surface area (Å²) in [5, 5.41) is 5.98. The summed E-state index contributed by atoms with van der Waals surface area (Å²) in [5.74, 6) is -1.29. The van der Waals surface area contributed by atoms with Crippen LogP contribution in [0.2, 0.25) is 10.0 Å². The summed E-state index contributed by atoms with van der Waals surface area (Å²) < 4.78 is 5.53. The summed E-state index contributed by atoms with van der Waals surface area (Å²) in [6.45, 7) is 1.58. The van der Waals surface area contributed by atoms with Crippen LogP contribution in [0.15, 0.2) is 72.3 Å². The van der Waals surface area contributed by atoms with Crippen molar-refractivity contribution >= 4 is 75.7 Å². The first kappa shape index (κ1) is 25.4. The number of ether oxygens (including phenoxy) is 1. The minimum atomic E-state index is -0.610. The lowest BCUT2D eigenvalue weighted by molar-refractivity contribution is -0.122. The van der Waals surface area contributed by atoms with Crippen molar-refractivity contribution in [1.29, 1.82) is 0 Å². The van der Waals surface area contributed by atoms with E-state index < -0.39 is 17.7 Å². The first-order chi connectivity index (χ1) is 17.2. The minimum Gasteiger partial charge on any atom is -0.482 e. The molecule has 182 valence electrons. The lowest BCUT2D eigenvalue weighted by Crippen LogP contribution is -2.54. The first-order valence-corrected chi connectivity index (χ1v) is 11.8. The van der Waals surface area contributed by atoms with E-state index in [2.05, 4.69) is 10.6 Å². The molecule has 0 radical (unpaired) electrons. The third-order valence-corrected chi connectivity index (χ3v) is 6.18. The van der Waals surface area contributed by atoms with Crippen LogP contribution in [0.1, 0.15) is 11.1 Å². The number of benzene rings is 3. The normalized spacial score (nSPS) is 14.6. The fraction of sp³-hybridized carbons (Fsp3) is 0.0769. The Morgan fingerprint density at radius 3 is 2.50 bits per heavy atom. The molecule has 7 nitrogen and oxygen atoms in total. The number of carbonyl (C=O) groups is 3. The van der Waals surface area contributed by atoms with E-state index in [1.54, 1.807) is 54.6 Å². The molecule has 0 aromatic heterocycles. The number of nitrogens with one attached hydrogen (secondary N) is 2. The van der Waals surface area contributed by atoms with Crippen molar-refractivity contribution in [1.82, 2.24) is 5.32 Å².